The lowest BCUT2D eigenvalue weighted by molar-refractivity contribution is -0.122. The molecule has 5 nitrogen and oxygen atoms in total. The van der Waals surface area contributed by atoms with E-state index in [4.69, 9.17) is 18.0 Å². The number of carbonyl (C=O) groups is 1. The van der Waals surface area contributed by atoms with Crippen molar-refractivity contribution < 1.29 is 9.18 Å². The number of hydrazone groups is 1. The molecule has 1 heterocycles. The molecule has 1 aliphatic rings. The van der Waals surface area contributed by atoms with Crippen LogP contribution in [0, 0.1) is 5.82 Å². The van der Waals surface area contributed by atoms with Crippen molar-refractivity contribution in [3.05, 3.63) is 30.1 Å². The predicted octanol–water partition coefficient (Wildman–Crippen LogP) is 1.50. The SMILES string of the molecule is NC(=S)/C(=N/Nc1ccc(F)cc1)C(=O)N1CCCC1. The highest BCUT2D eigenvalue weighted by Gasteiger charge is 2.24. The van der Waals surface area contributed by atoms with Crippen LogP contribution in [-0.2, 0) is 4.79 Å². The van der Waals surface area contributed by atoms with E-state index in [1.165, 1.54) is 24.3 Å². The number of nitrogens with two attached hydrogens (primary N) is 1. The second-order valence-corrected chi connectivity index (χ2v) is 4.88. The first-order valence-electron chi connectivity index (χ1n) is 6.26. The second-order valence-electron chi connectivity index (χ2n) is 4.44. The smallest absolute Gasteiger partial charge is 0.277 e. The molecule has 3 N–H and O–H groups in total. The summed E-state index contributed by atoms with van der Waals surface area (Å²) in [5, 5.41) is 3.95. The minimum Gasteiger partial charge on any atom is -0.388 e. The highest BCUT2D eigenvalue weighted by atomic mass is 32.1. The van der Waals surface area contributed by atoms with Gasteiger partial charge in [0.05, 0.1) is 5.69 Å². The van der Waals surface area contributed by atoms with Gasteiger partial charge in [0.1, 0.15) is 10.8 Å². The molecule has 0 atom stereocenters. The van der Waals surface area contributed by atoms with Crippen LogP contribution in [0.5, 0.6) is 0 Å². The number of hydrogen-bond donors (Lipinski definition) is 2. The molecule has 1 amide bonds. The molecule has 20 heavy (non-hydrogen) atoms. The van der Waals surface area contributed by atoms with E-state index in [-0.39, 0.29) is 22.4 Å². The quantitative estimate of drug-likeness (QED) is 0.501. The Morgan fingerprint density at radius 3 is 2.45 bits per heavy atom. The Bertz CT molecular complexity index is 538. The van der Waals surface area contributed by atoms with Crippen molar-refractivity contribution in [1.82, 2.24) is 4.90 Å². The molecule has 1 aromatic carbocycles. The van der Waals surface area contributed by atoms with Crippen molar-refractivity contribution in [1.29, 1.82) is 0 Å². The highest BCUT2D eigenvalue weighted by molar-refractivity contribution is 7.82. The third-order valence-corrected chi connectivity index (χ3v) is 3.16. The van der Waals surface area contributed by atoms with E-state index in [9.17, 15) is 9.18 Å². The first kappa shape index (κ1) is 14.4. The predicted molar refractivity (Wildman–Crippen MR) is 80.1 cm³/mol. The third kappa shape index (κ3) is 3.51. The summed E-state index contributed by atoms with van der Waals surface area (Å²) in [4.78, 5) is 13.8. The number of likely N-dealkylation sites (tertiary alicyclic amines) is 1. The van der Waals surface area contributed by atoms with E-state index in [0.29, 0.717) is 18.8 Å². The van der Waals surface area contributed by atoms with Gasteiger partial charge in [-0.2, -0.15) is 5.10 Å². The number of carbonyl (C=O) groups excluding carboxylic acids is 1. The Morgan fingerprint density at radius 2 is 1.90 bits per heavy atom. The van der Waals surface area contributed by atoms with Crippen molar-refractivity contribution in [2.45, 2.75) is 12.8 Å². The minimum absolute atomic E-state index is 0.0197. The van der Waals surface area contributed by atoms with Gasteiger partial charge < -0.3 is 10.6 Å². The van der Waals surface area contributed by atoms with Crippen LogP contribution in [0.3, 0.4) is 0 Å². The van der Waals surface area contributed by atoms with Gasteiger partial charge in [-0.05, 0) is 37.1 Å². The fraction of sp³-hybridized carbons (Fsp3) is 0.308. The number of anilines is 1. The fourth-order valence-electron chi connectivity index (χ4n) is 1.92. The van der Waals surface area contributed by atoms with Crippen LogP contribution in [0.25, 0.3) is 0 Å². The summed E-state index contributed by atoms with van der Waals surface area (Å²) in [6.45, 7) is 1.38. The van der Waals surface area contributed by atoms with Gasteiger partial charge in [0.2, 0.25) is 0 Å². The van der Waals surface area contributed by atoms with Crippen molar-refractivity contribution in [3.63, 3.8) is 0 Å². The molecular formula is C13H15FN4OS. The van der Waals surface area contributed by atoms with Gasteiger partial charge in [0, 0.05) is 13.1 Å². The van der Waals surface area contributed by atoms with Gasteiger partial charge in [0.25, 0.3) is 5.91 Å². The molecule has 1 fully saturated rings. The maximum atomic E-state index is 12.8. The topological polar surface area (TPSA) is 70.7 Å². The average Bonchev–Trinajstić information content (AvgIpc) is 2.94. The van der Waals surface area contributed by atoms with E-state index in [1.807, 2.05) is 0 Å². The number of amides is 1. The van der Waals surface area contributed by atoms with E-state index in [0.717, 1.165) is 12.8 Å². The standard InChI is InChI=1S/C13H15FN4OS/c14-9-3-5-10(6-4-9)16-17-11(12(15)20)13(19)18-7-1-2-8-18/h3-6,16H,1-2,7-8H2,(H2,15,20)/b17-11-. The molecule has 0 unspecified atom stereocenters. The molecule has 2 rings (SSSR count). The molecule has 0 aliphatic carbocycles. The van der Waals surface area contributed by atoms with E-state index in [2.05, 4.69) is 10.5 Å². The van der Waals surface area contributed by atoms with Crippen LogP contribution in [0.1, 0.15) is 12.8 Å². The molecule has 106 valence electrons. The Balaban J connectivity index is 2.11. The van der Waals surface area contributed by atoms with Crippen LogP contribution in [0.4, 0.5) is 10.1 Å². The lowest BCUT2D eigenvalue weighted by Gasteiger charge is -2.15. The number of nitrogens with one attached hydrogen (secondary N) is 1. The van der Waals surface area contributed by atoms with E-state index in [1.54, 1.807) is 4.90 Å². The molecule has 7 heteroatoms. The Hall–Kier alpha value is -2.02. The Morgan fingerprint density at radius 1 is 1.30 bits per heavy atom. The zero-order valence-corrected chi connectivity index (χ0v) is 11.6. The van der Waals surface area contributed by atoms with Gasteiger partial charge >= 0.3 is 0 Å². The first-order chi connectivity index (χ1) is 9.58. The number of halogens is 1. The van der Waals surface area contributed by atoms with Crippen molar-refractivity contribution >= 4 is 34.5 Å². The number of rotatable bonds is 4. The van der Waals surface area contributed by atoms with Gasteiger partial charge in [-0.1, -0.05) is 12.2 Å². The summed E-state index contributed by atoms with van der Waals surface area (Å²) < 4.78 is 12.8. The second kappa shape index (κ2) is 6.42. The summed E-state index contributed by atoms with van der Waals surface area (Å²) in [6, 6.07) is 5.61. The summed E-state index contributed by atoms with van der Waals surface area (Å²) in [7, 11) is 0. The monoisotopic (exact) mass is 294 g/mol. The van der Waals surface area contributed by atoms with Crippen molar-refractivity contribution in [2.24, 2.45) is 10.8 Å². The number of thiocarbonyl (C=S) groups is 1. The summed E-state index contributed by atoms with van der Waals surface area (Å²) in [6.07, 6.45) is 1.95. The first-order valence-corrected chi connectivity index (χ1v) is 6.67. The number of benzene rings is 1. The summed E-state index contributed by atoms with van der Waals surface area (Å²) >= 11 is 4.86. The van der Waals surface area contributed by atoms with Crippen LogP contribution >= 0.6 is 12.2 Å². The zero-order chi connectivity index (χ0) is 14.5. The average molecular weight is 294 g/mol. The molecule has 0 aromatic heterocycles. The highest BCUT2D eigenvalue weighted by Crippen LogP contribution is 2.10. The molecular weight excluding hydrogens is 279 g/mol. The molecule has 1 saturated heterocycles. The molecule has 0 saturated carbocycles. The van der Waals surface area contributed by atoms with Crippen LogP contribution in [0.15, 0.2) is 29.4 Å². The number of nitrogens with zero attached hydrogens (tertiary/aromatic N) is 2. The molecule has 0 radical (unpaired) electrons. The van der Waals surface area contributed by atoms with E-state index < -0.39 is 0 Å². The van der Waals surface area contributed by atoms with Gasteiger partial charge in [-0.15, -0.1) is 0 Å². The van der Waals surface area contributed by atoms with Gasteiger partial charge in [0.15, 0.2) is 5.71 Å². The van der Waals surface area contributed by atoms with Crippen molar-refractivity contribution in [3.8, 4) is 0 Å². The van der Waals surface area contributed by atoms with Crippen LogP contribution in [-0.4, -0.2) is 34.6 Å². The lowest BCUT2D eigenvalue weighted by atomic mass is 10.3. The normalized spacial score (nSPS) is 15.2. The maximum absolute atomic E-state index is 12.8. The summed E-state index contributed by atoms with van der Waals surface area (Å²) in [5.41, 5.74) is 8.78. The lowest BCUT2D eigenvalue weighted by Crippen LogP contribution is -2.40. The van der Waals surface area contributed by atoms with Crippen LogP contribution < -0.4 is 11.2 Å². The van der Waals surface area contributed by atoms with Gasteiger partial charge in [-0.25, -0.2) is 4.39 Å². The summed E-state index contributed by atoms with van der Waals surface area (Å²) in [5.74, 6) is -0.619. The van der Waals surface area contributed by atoms with Crippen LogP contribution in [0.2, 0.25) is 0 Å². The zero-order valence-electron chi connectivity index (χ0n) is 10.8. The number of hydrogen-bond acceptors (Lipinski definition) is 4. The maximum Gasteiger partial charge on any atom is 0.277 e. The van der Waals surface area contributed by atoms with Crippen molar-refractivity contribution in [2.75, 3.05) is 18.5 Å². The Kier molecular flexibility index (Phi) is 4.62. The fourth-order valence-corrected chi connectivity index (χ4v) is 2.06. The molecule has 1 aromatic rings. The minimum atomic E-state index is -0.345. The largest absolute Gasteiger partial charge is 0.388 e. The Labute approximate surface area is 121 Å². The van der Waals surface area contributed by atoms with E-state index >= 15 is 0 Å². The van der Waals surface area contributed by atoms with Gasteiger partial charge in [-0.3, -0.25) is 10.2 Å². The molecule has 0 spiro atoms. The molecule has 0 bridgehead atoms. The molecule has 1 aliphatic heterocycles. The third-order valence-electron chi connectivity index (χ3n) is 2.97.